The molecule has 4 fully saturated rings. The Labute approximate surface area is 136 Å². The van der Waals surface area contributed by atoms with E-state index in [1.165, 1.54) is 38.5 Å². The Bertz CT molecular complexity index is 563. The van der Waals surface area contributed by atoms with Crippen molar-refractivity contribution >= 4 is 34.5 Å². The molecular weight excluding hydrogens is 300 g/mol. The van der Waals surface area contributed by atoms with Gasteiger partial charge in [0.25, 0.3) is 0 Å². The van der Waals surface area contributed by atoms with Gasteiger partial charge >= 0.3 is 0 Å². The lowest BCUT2D eigenvalue weighted by atomic mass is 9.53. The van der Waals surface area contributed by atoms with Crippen LogP contribution in [0.1, 0.15) is 44.1 Å². The third-order valence-electron chi connectivity index (χ3n) is 5.70. The van der Waals surface area contributed by atoms with E-state index >= 15 is 0 Å². The smallest absolute Gasteiger partial charge is 0.107 e. The van der Waals surface area contributed by atoms with Crippen molar-refractivity contribution in [1.82, 2.24) is 0 Å². The number of rotatable bonds is 3. The van der Waals surface area contributed by atoms with Gasteiger partial charge in [0, 0.05) is 11.2 Å². The fraction of sp³-hybridized carbons (Fsp3) is 0.588. The van der Waals surface area contributed by atoms with Crippen molar-refractivity contribution in [2.45, 2.75) is 44.1 Å². The van der Waals surface area contributed by atoms with Crippen LogP contribution in [0.5, 0.6) is 0 Å². The monoisotopic (exact) mass is 320 g/mol. The van der Waals surface area contributed by atoms with Crippen molar-refractivity contribution in [2.75, 3.05) is 5.32 Å². The van der Waals surface area contributed by atoms with Gasteiger partial charge in [0.05, 0.1) is 10.6 Å². The number of nitrogens with two attached hydrogens (primary N) is 1. The van der Waals surface area contributed by atoms with Crippen LogP contribution >= 0.6 is 23.8 Å². The molecule has 4 heteroatoms. The third-order valence-corrected chi connectivity index (χ3v) is 6.22. The number of hydrogen-bond acceptors (Lipinski definition) is 2. The lowest BCUT2D eigenvalue weighted by Gasteiger charge is -2.57. The third kappa shape index (κ3) is 2.35. The topological polar surface area (TPSA) is 38.0 Å². The van der Waals surface area contributed by atoms with Crippen LogP contribution in [0.4, 0.5) is 5.69 Å². The average molecular weight is 321 g/mol. The Morgan fingerprint density at radius 1 is 1.14 bits per heavy atom. The van der Waals surface area contributed by atoms with Crippen molar-refractivity contribution in [1.29, 1.82) is 0 Å². The molecule has 0 aromatic heterocycles. The van der Waals surface area contributed by atoms with Crippen LogP contribution in [0.25, 0.3) is 0 Å². The van der Waals surface area contributed by atoms with Crippen LogP contribution in [0.2, 0.25) is 5.02 Å². The van der Waals surface area contributed by atoms with Crippen LogP contribution in [0.3, 0.4) is 0 Å². The maximum Gasteiger partial charge on any atom is 0.107 e. The fourth-order valence-corrected chi connectivity index (χ4v) is 5.98. The molecule has 21 heavy (non-hydrogen) atoms. The van der Waals surface area contributed by atoms with E-state index in [2.05, 4.69) is 11.4 Å². The molecule has 4 bridgehead atoms. The molecule has 0 unspecified atom stereocenters. The first-order chi connectivity index (χ1) is 10.0. The molecule has 4 aliphatic carbocycles. The van der Waals surface area contributed by atoms with Gasteiger partial charge in [-0.15, -0.1) is 0 Å². The van der Waals surface area contributed by atoms with Crippen molar-refractivity contribution in [2.24, 2.45) is 23.5 Å². The SMILES string of the molecule is NC(=S)c1c(Cl)cccc1NC12CC3CC(CC(C3)C1)C2. The molecule has 1 aromatic rings. The maximum atomic E-state index is 6.30. The Kier molecular flexibility index (Phi) is 3.20. The van der Waals surface area contributed by atoms with E-state index < -0.39 is 0 Å². The van der Waals surface area contributed by atoms with Crippen molar-refractivity contribution in [3.05, 3.63) is 28.8 Å². The summed E-state index contributed by atoms with van der Waals surface area (Å²) in [7, 11) is 0. The molecule has 1 aromatic carbocycles. The molecule has 0 aliphatic heterocycles. The highest BCUT2D eigenvalue weighted by molar-refractivity contribution is 7.80. The van der Waals surface area contributed by atoms with Crippen molar-refractivity contribution in [3.63, 3.8) is 0 Å². The average Bonchev–Trinajstić information content (AvgIpc) is 2.35. The second-order valence-electron chi connectivity index (χ2n) is 7.35. The summed E-state index contributed by atoms with van der Waals surface area (Å²) in [5.74, 6) is 2.74. The van der Waals surface area contributed by atoms with Crippen LogP contribution in [-0.2, 0) is 0 Å². The molecule has 0 saturated heterocycles. The molecule has 5 rings (SSSR count). The van der Waals surface area contributed by atoms with E-state index in [-0.39, 0.29) is 5.54 Å². The molecular formula is C17H21ClN2S. The van der Waals surface area contributed by atoms with Crippen molar-refractivity contribution < 1.29 is 0 Å². The molecule has 4 aliphatic rings. The first-order valence-corrected chi connectivity index (χ1v) is 8.70. The molecule has 0 atom stereocenters. The zero-order valence-electron chi connectivity index (χ0n) is 12.1. The van der Waals surface area contributed by atoms with Gasteiger partial charge in [0.1, 0.15) is 4.99 Å². The first-order valence-electron chi connectivity index (χ1n) is 7.91. The summed E-state index contributed by atoms with van der Waals surface area (Å²) < 4.78 is 0. The molecule has 2 nitrogen and oxygen atoms in total. The Morgan fingerprint density at radius 3 is 2.24 bits per heavy atom. The standard InChI is InChI=1S/C17H21ClN2S/c18-13-2-1-3-14(15(13)16(19)21)20-17-7-10-4-11(8-17)6-12(5-10)9-17/h1-3,10-12,20H,4-9H2,(H2,19,21). The minimum atomic E-state index is 0.249. The molecule has 0 amide bonds. The number of halogens is 1. The van der Waals surface area contributed by atoms with E-state index in [4.69, 9.17) is 29.6 Å². The van der Waals surface area contributed by atoms with E-state index in [9.17, 15) is 0 Å². The highest BCUT2D eigenvalue weighted by atomic mass is 35.5. The largest absolute Gasteiger partial charge is 0.389 e. The van der Waals surface area contributed by atoms with E-state index in [0.717, 1.165) is 29.0 Å². The van der Waals surface area contributed by atoms with Gasteiger partial charge in [-0.3, -0.25) is 0 Å². The zero-order valence-corrected chi connectivity index (χ0v) is 13.6. The van der Waals surface area contributed by atoms with Crippen LogP contribution in [0, 0.1) is 17.8 Å². The van der Waals surface area contributed by atoms with Crippen LogP contribution < -0.4 is 11.1 Å². The van der Waals surface area contributed by atoms with Gasteiger partial charge in [0.15, 0.2) is 0 Å². The minimum Gasteiger partial charge on any atom is -0.389 e. The predicted molar refractivity (Wildman–Crippen MR) is 91.9 cm³/mol. The molecule has 0 heterocycles. The summed E-state index contributed by atoms with van der Waals surface area (Å²) in [6, 6.07) is 5.91. The van der Waals surface area contributed by atoms with Gasteiger partial charge in [-0.05, 0) is 68.4 Å². The number of nitrogens with one attached hydrogen (secondary N) is 1. The highest BCUT2D eigenvalue weighted by Crippen LogP contribution is 2.56. The Morgan fingerprint density at radius 2 is 1.71 bits per heavy atom. The van der Waals surface area contributed by atoms with Gasteiger partial charge < -0.3 is 11.1 Å². The normalized spacial score (nSPS) is 36.7. The predicted octanol–water partition coefficient (Wildman–Crippen LogP) is 4.35. The van der Waals surface area contributed by atoms with Crippen LogP contribution in [0.15, 0.2) is 18.2 Å². The molecule has 0 radical (unpaired) electrons. The number of anilines is 1. The Balaban J connectivity index is 1.67. The molecule has 0 spiro atoms. The second-order valence-corrected chi connectivity index (χ2v) is 8.20. The summed E-state index contributed by atoms with van der Waals surface area (Å²) in [6.07, 6.45) is 8.21. The summed E-state index contributed by atoms with van der Waals surface area (Å²) in [6.45, 7) is 0. The summed E-state index contributed by atoms with van der Waals surface area (Å²) in [5.41, 5.74) is 7.97. The lowest BCUT2D eigenvalue weighted by molar-refractivity contribution is 0.0107. The number of thiocarbonyl (C=S) groups is 1. The second kappa shape index (κ2) is 4.85. The highest BCUT2D eigenvalue weighted by Gasteiger charge is 2.51. The Hall–Kier alpha value is -0.800. The molecule has 4 saturated carbocycles. The van der Waals surface area contributed by atoms with E-state index in [0.29, 0.717) is 10.0 Å². The van der Waals surface area contributed by atoms with Gasteiger partial charge in [-0.2, -0.15) is 0 Å². The molecule has 3 N–H and O–H groups in total. The van der Waals surface area contributed by atoms with Gasteiger partial charge in [0.2, 0.25) is 0 Å². The molecule has 112 valence electrons. The van der Waals surface area contributed by atoms with Crippen LogP contribution in [-0.4, -0.2) is 10.5 Å². The van der Waals surface area contributed by atoms with Crippen molar-refractivity contribution in [3.8, 4) is 0 Å². The van der Waals surface area contributed by atoms with Gasteiger partial charge in [-0.25, -0.2) is 0 Å². The number of hydrogen-bond donors (Lipinski definition) is 2. The van der Waals surface area contributed by atoms with Gasteiger partial charge in [-0.1, -0.05) is 29.9 Å². The quantitative estimate of drug-likeness (QED) is 0.813. The van der Waals surface area contributed by atoms with E-state index in [1.807, 2.05) is 12.1 Å². The van der Waals surface area contributed by atoms with E-state index in [1.54, 1.807) is 0 Å². The fourth-order valence-electron chi connectivity index (χ4n) is 5.43. The maximum absolute atomic E-state index is 6.30. The summed E-state index contributed by atoms with van der Waals surface area (Å²) in [4.78, 5) is 0.382. The summed E-state index contributed by atoms with van der Waals surface area (Å²) in [5, 5.41) is 4.48. The minimum absolute atomic E-state index is 0.249. The zero-order chi connectivity index (χ0) is 14.6. The lowest BCUT2D eigenvalue weighted by Crippen LogP contribution is -2.55. The first kappa shape index (κ1) is 13.8. The summed E-state index contributed by atoms with van der Waals surface area (Å²) >= 11 is 11.5. The number of benzene rings is 1.